The van der Waals surface area contributed by atoms with E-state index in [1.165, 1.54) is 16.5 Å². The number of hydrogen-bond donors (Lipinski definition) is 0. The van der Waals surface area contributed by atoms with Crippen LogP contribution in [0.1, 0.15) is 56.1 Å². The van der Waals surface area contributed by atoms with Gasteiger partial charge in [0.15, 0.2) is 0 Å². The molecule has 2 aliphatic heterocycles. The van der Waals surface area contributed by atoms with E-state index in [4.69, 9.17) is 18.6 Å². The van der Waals surface area contributed by atoms with E-state index < -0.39 is 0 Å². The molecule has 3 aromatic rings. The van der Waals surface area contributed by atoms with Crippen LogP contribution in [0.3, 0.4) is 0 Å². The van der Waals surface area contributed by atoms with E-state index >= 15 is 0 Å². The highest BCUT2D eigenvalue weighted by atomic mass is 16.5. The first kappa shape index (κ1) is 22.6. The minimum atomic E-state index is 0.0298. The number of benzene rings is 1. The molecule has 2 aromatic heterocycles. The summed E-state index contributed by atoms with van der Waals surface area (Å²) in [6.07, 6.45) is 4.28. The molecule has 0 unspecified atom stereocenters. The zero-order valence-electron chi connectivity index (χ0n) is 21.3. The zero-order valence-corrected chi connectivity index (χ0v) is 21.3. The highest BCUT2D eigenvalue weighted by molar-refractivity contribution is 5.83. The number of nitrogens with zero attached hydrogens (tertiary/aromatic N) is 4. The summed E-state index contributed by atoms with van der Waals surface area (Å²) in [7, 11) is 3.11. The summed E-state index contributed by atoms with van der Waals surface area (Å²) in [6.45, 7) is 9.42. The average molecular weight is 479 g/mol. The van der Waals surface area contributed by atoms with Crippen molar-refractivity contribution >= 4 is 16.9 Å². The second-order valence-corrected chi connectivity index (χ2v) is 11.2. The predicted octanol–water partition coefficient (Wildman–Crippen LogP) is 4.89. The molecule has 3 aliphatic rings. The molecule has 8 heteroatoms. The topological polar surface area (TPSA) is 82.7 Å². The summed E-state index contributed by atoms with van der Waals surface area (Å²) in [6, 6.07) is 7.10. The van der Waals surface area contributed by atoms with Crippen LogP contribution in [0.4, 0.5) is 5.95 Å². The SMILES string of the molecule is COc1nc(OC)nc(N2CCC3(CC2)CO[C@@H]2c4oc5cc(C)ccc5c4CC(C)(C)[C@H]2C3)n1. The molecule has 0 N–H and O–H groups in total. The van der Waals surface area contributed by atoms with Crippen molar-refractivity contribution in [2.75, 3.05) is 38.8 Å². The van der Waals surface area contributed by atoms with E-state index in [-0.39, 0.29) is 29.0 Å². The van der Waals surface area contributed by atoms with Gasteiger partial charge in [0.05, 0.1) is 20.8 Å². The maximum atomic E-state index is 6.72. The standard InChI is InChI=1S/C27H34N4O4/c1-16-6-7-17-18-13-26(2,3)19-14-27(15-34-22(19)21(18)35-20(17)12-16)8-10-31(11-9-27)23-28-24(32-4)30-25(29-23)33-5/h6-7,12,19,22H,8-11,13-15H2,1-5H3/t19-,22-/m0/s1. The lowest BCUT2D eigenvalue weighted by molar-refractivity contribution is -0.152. The van der Waals surface area contributed by atoms with Crippen LogP contribution in [0.25, 0.3) is 11.0 Å². The monoisotopic (exact) mass is 478 g/mol. The Labute approximate surface area is 206 Å². The largest absolute Gasteiger partial charge is 0.467 e. The quantitative estimate of drug-likeness (QED) is 0.526. The fourth-order valence-corrected chi connectivity index (χ4v) is 6.42. The number of rotatable bonds is 3. The third-order valence-electron chi connectivity index (χ3n) is 8.52. The van der Waals surface area contributed by atoms with E-state index in [2.05, 4.69) is 58.8 Å². The van der Waals surface area contributed by atoms with Crippen LogP contribution in [-0.4, -0.2) is 48.9 Å². The van der Waals surface area contributed by atoms with Gasteiger partial charge in [0.25, 0.3) is 0 Å². The fraction of sp³-hybridized carbons (Fsp3) is 0.593. The van der Waals surface area contributed by atoms with Gasteiger partial charge in [-0.1, -0.05) is 26.0 Å². The van der Waals surface area contributed by atoms with Gasteiger partial charge in [0.1, 0.15) is 17.4 Å². The van der Waals surface area contributed by atoms with E-state index in [1.807, 2.05) is 0 Å². The molecule has 2 saturated heterocycles. The Morgan fingerprint density at radius 1 is 1.03 bits per heavy atom. The molecule has 0 bridgehead atoms. The van der Waals surface area contributed by atoms with Crippen molar-refractivity contribution in [1.82, 2.24) is 15.0 Å². The number of aromatic nitrogens is 3. The Morgan fingerprint density at radius 3 is 2.43 bits per heavy atom. The average Bonchev–Trinajstić information content (AvgIpc) is 3.20. The summed E-state index contributed by atoms with van der Waals surface area (Å²) in [5.74, 6) is 2.10. The molecule has 6 rings (SSSR count). The van der Waals surface area contributed by atoms with Crippen molar-refractivity contribution in [3.05, 3.63) is 35.1 Å². The first-order valence-electron chi connectivity index (χ1n) is 12.5. The second kappa shape index (κ2) is 8.08. The minimum Gasteiger partial charge on any atom is -0.467 e. The summed E-state index contributed by atoms with van der Waals surface area (Å²) >= 11 is 0. The maximum absolute atomic E-state index is 6.72. The number of fused-ring (bicyclic) bond motifs is 5. The van der Waals surface area contributed by atoms with Gasteiger partial charge >= 0.3 is 12.0 Å². The number of furan rings is 1. The van der Waals surface area contributed by atoms with Crippen LogP contribution >= 0.6 is 0 Å². The highest BCUT2D eigenvalue weighted by Gasteiger charge is 2.53. The third kappa shape index (κ3) is 3.73. The van der Waals surface area contributed by atoms with Crippen LogP contribution in [0.5, 0.6) is 12.0 Å². The van der Waals surface area contributed by atoms with Crippen LogP contribution in [0.2, 0.25) is 0 Å². The van der Waals surface area contributed by atoms with Crippen molar-refractivity contribution < 1.29 is 18.6 Å². The van der Waals surface area contributed by atoms with Crippen molar-refractivity contribution in [3.8, 4) is 12.0 Å². The van der Waals surface area contributed by atoms with Gasteiger partial charge in [-0.05, 0) is 61.0 Å². The molecule has 0 amide bonds. The number of ether oxygens (including phenoxy) is 3. The molecule has 4 heterocycles. The molecule has 1 spiro atoms. The lowest BCUT2D eigenvalue weighted by atomic mass is 9.58. The zero-order chi connectivity index (χ0) is 24.4. The third-order valence-corrected chi connectivity index (χ3v) is 8.52. The van der Waals surface area contributed by atoms with Gasteiger partial charge in [0.2, 0.25) is 5.95 Å². The molecule has 1 aromatic carbocycles. The number of piperidine rings is 1. The molecule has 1 aliphatic carbocycles. The highest BCUT2D eigenvalue weighted by Crippen LogP contribution is 2.58. The molecular weight excluding hydrogens is 444 g/mol. The Kier molecular flexibility index (Phi) is 5.22. The number of aryl methyl sites for hydroxylation is 1. The lowest BCUT2D eigenvalue weighted by Crippen LogP contribution is -2.51. The Bertz CT molecular complexity index is 1240. The maximum Gasteiger partial charge on any atom is 0.324 e. The van der Waals surface area contributed by atoms with Gasteiger partial charge in [-0.15, -0.1) is 4.98 Å². The molecule has 0 radical (unpaired) electrons. The van der Waals surface area contributed by atoms with Gasteiger partial charge in [-0.3, -0.25) is 0 Å². The van der Waals surface area contributed by atoms with Gasteiger partial charge < -0.3 is 23.5 Å². The van der Waals surface area contributed by atoms with Crippen molar-refractivity contribution in [2.24, 2.45) is 16.7 Å². The Balaban J connectivity index is 1.23. The van der Waals surface area contributed by atoms with Crippen LogP contribution in [-0.2, 0) is 11.2 Å². The predicted molar refractivity (Wildman–Crippen MR) is 132 cm³/mol. The van der Waals surface area contributed by atoms with Crippen LogP contribution in [0, 0.1) is 23.7 Å². The van der Waals surface area contributed by atoms with Crippen LogP contribution < -0.4 is 14.4 Å². The normalized spacial score (nSPS) is 24.8. The summed E-state index contributed by atoms with van der Waals surface area (Å²) < 4.78 is 23.6. The Hall–Kier alpha value is -2.87. The summed E-state index contributed by atoms with van der Waals surface area (Å²) in [5.41, 5.74) is 3.86. The van der Waals surface area contributed by atoms with Gasteiger partial charge in [-0.2, -0.15) is 9.97 Å². The van der Waals surface area contributed by atoms with Crippen molar-refractivity contribution in [2.45, 2.75) is 52.6 Å². The number of methoxy groups -OCH3 is 2. The van der Waals surface area contributed by atoms with Crippen molar-refractivity contribution in [3.63, 3.8) is 0 Å². The lowest BCUT2D eigenvalue weighted by Gasteiger charge is -2.53. The van der Waals surface area contributed by atoms with E-state index in [9.17, 15) is 0 Å². The molecule has 2 atom stereocenters. The Morgan fingerprint density at radius 2 is 1.74 bits per heavy atom. The summed E-state index contributed by atoms with van der Waals surface area (Å²) in [4.78, 5) is 15.2. The molecule has 186 valence electrons. The molecular formula is C27H34N4O4. The van der Waals surface area contributed by atoms with Gasteiger partial charge in [-0.25, -0.2) is 0 Å². The smallest absolute Gasteiger partial charge is 0.324 e. The first-order chi connectivity index (χ1) is 16.8. The number of hydrogen-bond acceptors (Lipinski definition) is 8. The number of anilines is 1. The van der Waals surface area contributed by atoms with Gasteiger partial charge in [0, 0.05) is 24.0 Å². The molecule has 35 heavy (non-hydrogen) atoms. The summed E-state index contributed by atoms with van der Waals surface area (Å²) in [5, 5.41) is 1.25. The molecule has 0 saturated carbocycles. The molecule has 2 fully saturated rings. The second-order valence-electron chi connectivity index (χ2n) is 11.2. The van der Waals surface area contributed by atoms with Crippen LogP contribution in [0.15, 0.2) is 22.6 Å². The first-order valence-corrected chi connectivity index (χ1v) is 12.5. The fourth-order valence-electron chi connectivity index (χ4n) is 6.42. The van der Waals surface area contributed by atoms with E-state index in [0.717, 1.165) is 56.7 Å². The van der Waals surface area contributed by atoms with E-state index in [1.54, 1.807) is 14.2 Å². The van der Waals surface area contributed by atoms with Crippen molar-refractivity contribution in [1.29, 1.82) is 0 Å². The molecule has 8 nitrogen and oxygen atoms in total. The minimum absolute atomic E-state index is 0.0298. The van der Waals surface area contributed by atoms with E-state index in [0.29, 0.717) is 11.9 Å².